The van der Waals surface area contributed by atoms with Crippen LogP contribution in [-0.4, -0.2) is 12.6 Å². The normalized spacial score (nSPS) is 13.3. The van der Waals surface area contributed by atoms with Gasteiger partial charge >= 0.3 is 5.97 Å². The van der Waals surface area contributed by atoms with Crippen molar-refractivity contribution in [1.82, 2.24) is 0 Å². The van der Waals surface area contributed by atoms with Gasteiger partial charge in [0.25, 0.3) is 0 Å². The van der Waals surface area contributed by atoms with Gasteiger partial charge in [0.15, 0.2) is 0 Å². The second-order valence-electron chi connectivity index (χ2n) is 5.08. The van der Waals surface area contributed by atoms with Gasteiger partial charge in [0.05, 0.1) is 12.5 Å². The second kappa shape index (κ2) is 7.72. The van der Waals surface area contributed by atoms with Crippen molar-refractivity contribution in [1.29, 1.82) is 0 Å². The SMILES string of the molecule is CC[C@@H](CC(C)C)C(=O)OCCC(C)C. The van der Waals surface area contributed by atoms with Crippen LogP contribution in [0.4, 0.5) is 0 Å². The van der Waals surface area contributed by atoms with Crippen LogP contribution in [0.2, 0.25) is 0 Å². The van der Waals surface area contributed by atoms with Gasteiger partial charge in [-0.15, -0.1) is 0 Å². The van der Waals surface area contributed by atoms with Crippen molar-refractivity contribution < 1.29 is 9.53 Å². The predicted molar refractivity (Wildman–Crippen MR) is 63.7 cm³/mol. The highest BCUT2D eigenvalue weighted by Crippen LogP contribution is 2.17. The Morgan fingerprint density at radius 1 is 1.13 bits per heavy atom. The molecule has 0 fully saturated rings. The van der Waals surface area contributed by atoms with E-state index in [1.165, 1.54) is 0 Å². The summed E-state index contributed by atoms with van der Waals surface area (Å²) in [5, 5.41) is 0. The fourth-order valence-corrected chi connectivity index (χ4v) is 1.51. The van der Waals surface area contributed by atoms with E-state index in [-0.39, 0.29) is 11.9 Å². The molecule has 0 aromatic carbocycles. The van der Waals surface area contributed by atoms with Crippen LogP contribution in [-0.2, 0) is 9.53 Å². The summed E-state index contributed by atoms with van der Waals surface area (Å²) in [6, 6.07) is 0. The van der Waals surface area contributed by atoms with E-state index < -0.39 is 0 Å². The number of carbonyl (C=O) groups excluding carboxylic acids is 1. The highest BCUT2D eigenvalue weighted by Gasteiger charge is 2.18. The van der Waals surface area contributed by atoms with E-state index in [0.717, 1.165) is 19.3 Å². The highest BCUT2D eigenvalue weighted by atomic mass is 16.5. The van der Waals surface area contributed by atoms with E-state index in [9.17, 15) is 4.79 Å². The molecule has 0 radical (unpaired) electrons. The highest BCUT2D eigenvalue weighted by molar-refractivity contribution is 5.72. The number of hydrogen-bond donors (Lipinski definition) is 0. The molecule has 0 saturated heterocycles. The molecule has 0 aromatic heterocycles. The van der Waals surface area contributed by atoms with E-state index in [1.807, 2.05) is 0 Å². The molecule has 2 nitrogen and oxygen atoms in total. The maximum atomic E-state index is 11.7. The average Bonchev–Trinajstić information content (AvgIpc) is 2.13. The minimum Gasteiger partial charge on any atom is -0.465 e. The molecule has 1 atom stereocenters. The first-order valence-electron chi connectivity index (χ1n) is 6.14. The first-order chi connectivity index (χ1) is 6.97. The lowest BCUT2D eigenvalue weighted by Gasteiger charge is -2.16. The molecular formula is C13H26O2. The average molecular weight is 214 g/mol. The molecule has 15 heavy (non-hydrogen) atoms. The molecule has 90 valence electrons. The van der Waals surface area contributed by atoms with Gasteiger partial charge in [-0.1, -0.05) is 34.6 Å². The van der Waals surface area contributed by atoms with Crippen molar-refractivity contribution in [2.75, 3.05) is 6.61 Å². The van der Waals surface area contributed by atoms with Gasteiger partial charge in [-0.3, -0.25) is 4.79 Å². The minimum atomic E-state index is -0.00755. The summed E-state index contributed by atoms with van der Waals surface area (Å²) in [7, 11) is 0. The van der Waals surface area contributed by atoms with Crippen LogP contribution in [0, 0.1) is 17.8 Å². The summed E-state index contributed by atoms with van der Waals surface area (Å²) in [5.41, 5.74) is 0. The molecule has 0 aliphatic carbocycles. The molecule has 0 spiro atoms. The Labute approximate surface area is 94.4 Å². The standard InChI is InChI=1S/C13H26O2/c1-6-12(9-11(4)5)13(14)15-8-7-10(2)3/h10-12H,6-9H2,1-5H3/t12-/m0/s1. The summed E-state index contributed by atoms with van der Waals surface area (Å²) >= 11 is 0. The molecule has 2 heteroatoms. The summed E-state index contributed by atoms with van der Waals surface area (Å²) < 4.78 is 5.27. The molecule has 0 bridgehead atoms. The first-order valence-corrected chi connectivity index (χ1v) is 6.14. The Morgan fingerprint density at radius 2 is 1.73 bits per heavy atom. The number of carbonyl (C=O) groups is 1. The molecular weight excluding hydrogens is 188 g/mol. The number of ether oxygens (including phenoxy) is 1. The fraction of sp³-hybridized carbons (Fsp3) is 0.923. The molecule has 0 aliphatic rings. The molecule has 0 amide bonds. The predicted octanol–water partition coefficient (Wildman–Crippen LogP) is 3.65. The quantitative estimate of drug-likeness (QED) is 0.605. The zero-order chi connectivity index (χ0) is 11.8. The molecule has 0 saturated carbocycles. The Balaban J connectivity index is 3.83. The van der Waals surface area contributed by atoms with Crippen LogP contribution in [0.25, 0.3) is 0 Å². The first kappa shape index (κ1) is 14.5. The van der Waals surface area contributed by atoms with E-state index in [2.05, 4.69) is 34.6 Å². The van der Waals surface area contributed by atoms with E-state index >= 15 is 0 Å². The Morgan fingerprint density at radius 3 is 2.13 bits per heavy atom. The lowest BCUT2D eigenvalue weighted by atomic mass is 9.95. The maximum Gasteiger partial charge on any atom is 0.308 e. The number of hydrogen-bond acceptors (Lipinski definition) is 2. The zero-order valence-corrected chi connectivity index (χ0v) is 10.9. The van der Waals surface area contributed by atoms with Crippen LogP contribution in [0.5, 0.6) is 0 Å². The number of rotatable bonds is 7. The van der Waals surface area contributed by atoms with Gasteiger partial charge in [-0.25, -0.2) is 0 Å². The van der Waals surface area contributed by atoms with Crippen LogP contribution in [0.3, 0.4) is 0 Å². The lowest BCUT2D eigenvalue weighted by Crippen LogP contribution is -2.19. The van der Waals surface area contributed by atoms with Crippen molar-refractivity contribution >= 4 is 5.97 Å². The second-order valence-corrected chi connectivity index (χ2v) is 5.08. The number of esters is 1. The lowest BCUT2D eigenvalue weighted by molar-refractivity contribution is -0.149. The van der Waals surface area contributed by atoms with E-state index in [1.54, 1.807) is 0 Å². The van der Waals surface area contributed by atoms with Crippen molar-refractivity contribution in [2.45, 2.75) is 53.9 Å². The molecule has 0 heterocycles. The van der Waals surface area contributed by atoms with Crippen molar-refractivity contribution in [3.8, 4) is 0 Å². The third-order valence-electron chi connectivity index (χ3n) is 2.52. The Bertz CT molecular complexity index is 173. The molecule has 0 rings (SSSR count). The van der Waals surface area contributed by atoms with Gasteiger partial charge in [0, 0.05) is 0 Å². The van der Waals surface area contributed by atoms with Crippen LogP contribution in [0.1, 0.15) is 53.9 Å². The topological polar surface area (TPSA) is 26.3 Å². The monoisotopic (exact) mass is 214 g/mol. The zero-order valence-electron chi connectivity index (χ0n) is 10.9. The fourth-order valence-electron chi connectivity index (χ4n) is 1.51. The molecule has 0 aromatic rings. The van der Waals surface area contributed by atoms with Crippen LogP contribution in [0.15, 0.2) is 0 Å². The van der Waals surface area contributed by atoms with Gasteiger partial charge in [-0.2, -0.15) is 0 Å². The van der Waals surface area contributed by atoms with Crippen molar-refractivity contribution in [2.24, 2.45) is 17.8 Å². The summed E-state index contributed by atoms with van der Waals surface area (Å²) in [4.78, 5) is 11.7. The Hall–Kier alpha value is -0.530. The van der Waals surface area contributed by atoms with Gasteiger partial charge in [0.2, 0.25) is 0 Å². The van der Waals surface area contributed by atoms with E-state index in [0.29, 0.717) is 18.4 Å². The molecule has 0 aliphatic heterocycles. The summed E-state index contributed by atoms with van der Waals surface area (Å²) in [6.45, 7) is 11.2. The van der Waals surface area contributed by atoms with Gasteiger partial charge in [-0.05, 0) is 31.1 Å². The van der Waals surface area contributed by atoms with Crippen LogP contribution < -0.4 is 0 Å². The van der Waals surface area contributed by atoms with Gasteiger partial charge < -0.3 is 4.74 Å². The summed E-state index contributed by atoms with van der Waals surface area (Å²) in [6.07, 6.45) is 2.79. The van der Waals surface area contributed by atoms with E-state index in [4.69, 9.17) is 4.74 Å². The maximum absolute atomic E-state index is 11.7. The summed E-state index contributed by atoms with van der Waals surface area (Å²) in [5.74, 6) is 1.25. The third kappa shape index (κ3) is 7.40. The largest absolute Gasteiger partial charge is 0.465 e. The van der Waals surface area contributed by atoms with Gasteiger partial charge in [0.1, 0.15) is 0 Å². The molecule has 0 N–H and O–H groups in total. The van der Waals surface area contributed by atoms with Crippen molar-refractivity contribution in [3.05, 3.63) is 0 Å². The van der Waals surface area contributed by atoms with Crippen molar-refractivity contribution in [3.63, 3.8) is 0 Å². The van der Waals surface area contributed by atoms with Crippen LogP contribution >= 0.6 is 0 Å². The minimum absolute atomic E-state index is 0.00755. The Kier molecular flexibility index (Phi) is 7.45. The molecule has 0 unspecified atom stereocenters. The smallest absolute Gasteiger partial charge is 0.308 e. The third-order valence-corrected chi connectivity index (χ3v) is 2.52.